The molecule has 150 valence electrons. The Morgan fingerprint density at radius 2 is 2.03 bits per heavy atom. The second-order valence-corrected chi connectivity index (χ2v) is 11.2. The molecule has 1 N–H and O–H groups in total. The summed E-state index contributed by atoms with van der Waals surface area (Å²) in [5.74, 6) is -0.110. The highest BCUT2D eigenvalue weighted by Crippen LogP contribution is 2.44. The van der Waals surface area contributed by atoms with E-state index >= 15 is 0 Å². The van der Waals surface area contributed by atoms with Gasteiger partial charge in [0.05, 0.1) is 17.0 Å². The molecule has 0 bridgehead atoms. The standard InChI is InChI=1S/C20H18BrN3O3S2/c21-15-4-1-3-14(12-15)20(7-2-8-20)22-18(25)13-5-6-16-17(11-13)28-19-23-29(26,27)10-9-24(16)19/h1,3-6,11-12H,2,7-10H2,(H,22,25). The van der Waals surface area contributed by atoms with E-state index in [2.05, 4.69) is 37.8 Å². The Bertz CT molecular complexity index is 1160. The molecule has 9 heteroatoms. The number of amidine groups is 1. The van der Waals surface area contributed by atoms with Gasteiger partial charge in [0.15, 0.2) is 5.17 Å². The molecular formula is C20H18BrN3O3S2. The quantitative estimate of drug-likeness (QED) is 0.704. The first-order chi connectivity index (χ1) is 13.9. The molecule has 1 fully saturated rings. The molecule has 29 heavy (non-hydrogen) atoms. The topological polar surface area (TPSA) is 78.8 Å². The van der Waals surface area contributed by atoms with Gasteiger partial charge in [0.25, 0.3) is 15.9 Å². The van der Waals surface area contributed by atoms with Crippen molar-refractivity contribution in [2.45, 2.75) is 29.7 Å². The highest BCUT2D eigenvalue weighted by atomic mass is 79.9. The van der Waals surface area contributed by atoms with Crippen molar-refractivity contribution in [2.75, 3.05) is 17.2 Å². The summed E-state index contributed by atoms with van der Waals surface area (Å²) in [4.78, 5) is 15.8. The zero-order valence-electron chi connectivity index (χ0n) is 15.4. The molecular weight excluding hydrogens is 474 g/mol. The average molecular weight is 492 g/mol. The van der Waals surface area contributed by atoms with Crippen molar-refractivity contribution in [3.63, 3.8) is 0 Å². The molecule has 6 nitrogen and oxygen atoms in total. The maximum Gasteiger partial charge on any atom is 0.257 e. The van der Waals surface area contributed by atoms with Crippen molar-refractivity contribution in [3.8, 4) is 0 Å². The van der Waals surface area contributed by atoms with Crippen LogP contribution in [0.3, 0.4) is 0 Å². The SMILES string of the molecule is O=C(NC1(c2cccc(Br)c2)CCC1)c1ccc2c(c1)SC1=NS(=O)(=O)CCN12. The van der Waals surface area contributed by atoms with Gasteiger partial charge < -0.3 is 10.2 Å². The lowest BCUT2D eigenvalue weighted by Crippen LogP contribution is -2.50. The molecule has 2 aromatic rings. The lowest BCUT2D eigenvalue weighted by Gasteiger charge is -2.43. The summed E-state index contributed by atoms with van der Waals surface area (Å²) in [6.07, 6.45) is 2.91. The molecule has 0 spiro atoms. The summed E-state index contributed by atoms with van der Waals surface area (Å²) in [7, 11) is -3.39. The summed E-state index contributed by atoms with van der Waals surface area (Å²) >= 11 is 4.82. The number of hydrogen-bond donors (Lipinski definition) is 1. The van der Waals surface area contributed by atoms with Crippen LogP contribution in [0.2, 0.25) is 0 Å². The number of carbonyl (C=O) groups excluding carboxylic acids is 1. The fraction of sp³-hybridized carbons (Fsp3) is 0.300. The number of rotatable bonds is 3. The van der Waals surface area contributed by atoms with Crippen LogP contribution >= 0.6 is 27.7 Å². The molecule has 1 aliphatic carbocycles. The van der Waals surface area contributed by atoms with E-state index in [1.807, 2.05) is 29.2 Å². The summed E-state index contributed by atoms with van der Waals surface area (Å²) in [5.41, 5.74) is 2.26. The molecule has 2 aliphatic heterocycles. The number of benzene rings is 2. The van der Waals surface area contributed by atoms with Crippen molar-refractivity contribution in [2.24, 2.45) is 4.40 Å². The number of fused-ring (bicyclic) bond motifs is 3. The van der Waals surface area contributed by atoms with Gasteiger partial charge in [0.2, 0.25) is 0 Å². The molecule has 5 rings (SSSR count). The van der Waals surface area contributed by atoms with Crippen LogP contribution < -0.4 is 10.2 Å². The zero-order valence-corrected chi connectivity index (χ0v) is 18.6. The Morgan fingerprint density at radius 1 is 1.21 bits per heavy atom. The van der Waals surface area contributed by atoms with Crippen LogP contribution in [0, 0.1) is 0 Å². The zero-order chi connectivity index (χ0) is 20.2. The van der Waals surface area contributed by atoms with Gasteiger partial charge in [-0.3, -0.25) is 4.79 Å². The molecule has 2 heterocycles. The van der Waals surface area contributed by atoms with Crippen molar-refractivity contribution < 1.29 is 13.2 Å². The van der Waals surface area contributed by atoms with Crippen molar-refractivity contribution >= 4 is 54.5 Å². The first-order valence-electron chi connectivity index (χ1n) is 9.36. The van der Waals surface area contributed by atoms with Crippen molar-refractivity contribution in [1.82, 2.24) is 5.32 Å². The maximum absolute atomic E-state index is 13.1. The van der Waals surface area contributed by atoms with Gasteiger partial charge in [0.1, 0.15) is 0 Å². The number of thioether (sulfide) groups is 1. The van der Waals surface area contributed by atoms with E-state index < -0.39 is 10.0 Å². The minimum Gasteiger partial charge on any atom is -0.343 e. The third-order valence-corrected chi connectivity index (χ3v) is 8.47. The lowest BCUT2D eigenvalue weighted by atomic mass is 9.71. The molecule has 0 atom stereocenters. The number of carbonyl (C=O) groups is 1. The Labute approximate surface area is 182 Å². The second kappa shape index (κ2) is 6.85. The minimum atomic E-state index is -3.39. The normalized spacial score (nSPS) is 20.9. The number of sulfonamides is 1. The Morgan fingerprint density at radius 3 is 2.76 bits per heavy atom. The number of nitrogens with one attached hydrogen (secondary N) is 1. The van der Waals surface area contributed by atoms with Gasteiger partial charge in [0, 0.05) is 21.5 Å². The Balaban J connectivity index is 1.41. The summed E-state index contributed by atoms with van der Waals surface area (Å²) in [6, 6.07) is 13.6. The fourth-order valence-electron chi connectivity index (χ4n) is 3.96. The molecule has 1 saturated carbocycles. The van der Waals surface area contributed by atoms with Crippen LogP contribution in [0.25, 0.3) is 0 Å². The van der Waals surface area contributed by atoms with Gasteiger partial charge in [-0.05, 0) is 66.9 Å². The minimum absolute atomic E-state index is 0.00783. The number of halogens is 1. The van der Waals surface area contributed by atoms with Gasteiger partial charge in [-0.15, -0.1) is 4.40 Å². The molecule has 2 aromatic carbocycles. The van der Waals surface area contributed by atoms with Crippen molar-refractivity contribution in [1.29, 1.82) is 0 Å². The first kappa shape index (κ1) is 19.1. The highest BCUT2D eigenvalue weighted by Gasteiger charge is 2.40. The van der Waals surface area contributed by atoms with Crippen LogP contribution in [0.5, 0.6) is 0 Å². The summed E-state index contributed by atoms with van der Waals surface area (Å²) in [6.45, 7) is 0.388. The lowest BCUT2D eigenvalue weighted by molar-refractivity contribution is 0.0823. The monoisotopic (exact) mass is 491 g/mol. The van der Waals surface area contributed by atoms with E-state index in [1.165, 1.54) is 11.8 Å². The Hall–Kier alpha value is -1.84. The number of anilines is 1. The molecule has 3 aliphatic rings. The van der Waals surface area contributed by atoms with Crippen LogP contribution in [0.4, 0.5) is 5.69 Å². The van der Waals surface area contributed by atoms with Crippen LogP contribution in [-0.4, -0.2) is 31.8 Å². The van der Waals surface area contributed by atoms with Crippen molar-refractivity contribution in [3.05, 3.63) is 58.1 Å². The van der Waals surface area contributed by atoms with Crippen LogP contribution in [0.15, 0.2) is 56.2 Å². The molecule has 0 aromatic heterocycles. The van der Waals surface area contributed by atoms with Crippen LogP contribution in [0.1, 0.15) is 35.2 Å². The number of amides is 1. The van der Waals surface area contributed by atoms with E-state index in [-0.39, 0.29) is 17.2 Å². The van der Waals surface area contributed by atoms with E-state index in [0.29, 0.717) is 17.3 Å². The molecule has 1 amide bonds. The maximum atomic E-state index is 13.1. The molecule has 0 radical (unpaired) electrons. The third-order valence-electron chi connectivity index (χ3n) is 5.67. The van der Waals surface area contributed by atoms with E-state index in [9.17, 15) is 13.2 Å². The predicted molar refractivity (Wildman–Crippen MR) is 118 cm³/mol. The van der Waals surface area contributed by atoms with Gasteiger partial charge in [-0.1, -0.05) is 28.1 Å². The predicted octanol–water partition coefficient (Wildman–Crippen LogP) is 3.87. The van der Waals surface area contributed by atoms with E-state index in [4.69, 9.17) is 0 Å². The first-order valence-corrected chi connectivity index (χ1v) is 12.6. The largest absolute Gasteiger partial charge is 0.343 e. The number of nitrogens with zero attached hydrogens (tertiary/aromatic N) is 2. The summed E-state index contributed by atoms with van der Waals surface area (Å²) in [5, 5.41) is 3.71. The third kappa shape index (κ3) is 3.39. The smallest absolute Gasteiger partial charge is 0.257 e. The van der Waals surface area contributed by atoms with Gasteiger partial charge in [-0.2, -0.15) is 0 Å². The van der Waals surface area contributed by atoms with E-state index in [1.54, 1.807) is 6.07 Å². The summed E-state index contributed by atoms with van der Waals surface area (Å²) < 4.78 is 28.4. The molecule has 0 unspecified atom stereocenters. The van der Waals surface area contributed by atoms with E-state index in [0.717, 1.165) is 39.9 Å². The highest BCUT2D eigenvalue weighted by molar-refractivity contribution is 9.10. The van der Waals surface area contributed by atoms with Gasteiger partial charge >= 0.3 is 0 Å². The van der Waals surface area contributed by atoms with Crippen LogP contribution in [-0.2, 0) is 15.6 Å². The van der Waals surface area contributed by atoms with Gasteiger partial charge in [-0.25, -0.2) is 8.42 Å². The molecule has 0 saturated heterocycles. The second-order valence-electron chi connectivity index (χ2n) is 7.50. The average Bonchev–Trinajstić information content (AvgIpc) is 2.99. The fourth-order valence-corrected chi connectivity index (χ4v) is 6.66. The number of hydrogen-bond acceptors (Lipinski definition) is 5. The Kier molecular flexibility index (Phi) is 4.52.